The molecule has 98 valence electrons. The van der Waals surface area contributed by atoms with Crippen molar-refractivity contribution in [3.05, 3.63) is 18.1 Å². The zero-order valence-corrected chi connectivity index (χ0v) is 10.9. The van der Waals surface area contributed by atoms with E-state index < -0.39 is 0 Å². The van der Waals surface area contributed by atoms with E-state index in [0.29, 0.717) is 5.69 Å². The van der Waals surface area contributed by atoms with Gasteiger partial charge in [-0.1, -0.05) is 19.3 Å². The number of aromatic nitrogens is 2. The van der Waals surface area contributed by atoms with Crippen LogP contribution in [0.2, 0.25) is 0 Å². The monoisotopic (exact) mass is 247 g/mol. The van der Waals surface area contributed by atoms with Crippen molar-refractivity contribution in [2.75, 3.05) is 18.5 Å². The summed E-state index contributed by atoms with van der Waals surface area (Å²) in [7, 11) is 2.01. The Morgan fingerprint density at radius 1 is 1.33 bits per heavy atom. The number of hydrogen-bond donors (Lipinski definition) is 2. The van der Waals surface area contributed by atoms with Gasteiger partial charge in [0, 0.05) is 26.0 Å². The Morgan fingerprint density at radius 2 is 2.00 bits per heavy atom. The van der Waals surface area contributed by atoms with E-state index in [4.69, 9.17) is 11.1 Å². The maximum absolute atomic E-state index is 7.54. The third-order valence-corrected chi connectivity index (χ3v) is 3.55. The van der Waals surface area contributed by atoms with E-state index in [2.05, 4.69) is 14.9 Å². The molecule has 0 aromatic carbocycles. The molecule has 1 aromatic heterocycles. The van der Waals surface area contributed by atoms with Gasteiger partial charge in [0.05, 0.1) is 0 Å². The van der Waals surface area contributed by atoms with Gasteiger partial charge in [0.25, 0.3) is 0 Å². The molecule has 1 fully saturated rings. The van der Waals surface area contributed by atoms with Gasteiger partial charge in [0.1, 0.15) is 11.5 Å². The summed E-state index contributed by atoms with van der Waals surface area (Å²) in [6, 6.07) is 0. The molecule has 0 unspecified atom stereocenters. The molecule has 1 aliphatic carbocycles. The van der Waals surface area contributed by atoms with Gasteiger partial charge in [-0.2, -0.15) is 0 Å². The molecule has 0 aliphatic heterocycles. The molecule has 0 bridgehead atoms. The normalized spacial score (nSPS) is 16.5. The zero-order chi connectivity index (χ0) is 13.0. The first kappa shape index (κ1) is 12.8. The molecule has 1 saturated carbocycles. The van der Waals surface area contributed by atoms with E-state index in [-0.39, 0.29) is 5.84 Å². The molecule has 0 spiro atoms. The van der Waals surface area contributed by atoms with Gasteiger partial charge in [-0.3, -0.25) is 5.41 Å². The Kier molecular flexibility index (Phi) is 4.12. The Hall–Kier alpha value is -1.65. The van der Waals surface area contributed by atoms with Crippen LogP contribution < -0.4 is 10.6 Å². The van der Waals surface area contributed by atoms with E-state index in [0.717, 1.165) is 18.3 Å². The maximum atomic E-state index is 7.54. The fourth-order valence-electron chi connectivity index (χ4n) is 2.64. The average Bonchev–Trinajstić information content (AvgIpc) is 2.40. The SMILES string of the molecule is CN(CC1CCCCC1)c1nccnc1C(=N)N. The van der Waals surface area contributed by atoms with Gasteiger partial charge in [-0.05, 0) is 18.8 Å². The lowest BCUT2D eigenvalue weighted by Crippen LogP contribution is -2.30. The first-order chi connectivity index (χ1) is 8.68. The molecule has 5 heteroatoms. The third kappa shape index (κ3) is 2.97. The van der Waals surface area contributed by atoms with Crippen LogP contribution in [0.25, 0.3) is 0 Å². The second-order valence-corrected chi connectivity index (χ2v) is 5.03. The number of nitrogen functional groups attached to an aromatic ring is 1. The third-order valence-electron chi connectivity index (χ3n) is 3.55. The van der Waals surface area contributed by atoms with E-state index >= 15 is 0 Å². The van der Waals surface area contributed by atoms with Crippen LogP contribution in [0.4, 0.5) is 5.82 Å². The minimum absolute atomic E-state index is 0.0198. The smallest absolute Gasteiger partial charge is 0.158 e. The van der Waals surface area contributed by atoms with Crippen molar-refractivity contribution in [3.63, 3.8) is 0 Å². The number of anilines is 1. The van der Waals surface area contributed by atoms with Crippen molar-refractivity contribution >= 4 is 11.7 Å². The summed E-state index contributed by atoms with van der Waals surface area (Å²) in [6.07, 6.45) is 9.84. The highest BCUT2D eigenvalue weighted by molar-refractivity contribution is 5.97. The molecule has 3 N–H and O–H groups in total. The number of nitrogens with one attached hydrogen (secondary N) is 1. The van der Waals surface area contributed by atoms with Crippen molar-refractivity contribution in [1.29, 1.82) is 5.41 Å². The van der Waals surface area contributed by atoms with Crippen LogP contribution in [0.5, 0.6) is 0 Å². The van der Waals surface area contributed by atoms with Gasteiger partial charge >= 0.3 is 0 Å². The Labute approximate surface area is 108 Å². The lowest BCUT2D eigenvalue weighted by molar-refractivity contribution is 0.361. The van der Waals surface area contributed by atoms with Crippen LogP contribution in [0, 0.1) is 11.3 Å². The average molecular weight is 247 g/mol. The Bertz CT molecular complexity index is 412. The molecular weight excluding hydrogens is 226 g/mol. The first-order valence-corrected chi connectivity index (χ1v) is 6.55. The van der Waals surface area contributed by atoms with Crippen molar-refractivity contribution in [2.45, 2.75) is 32.1 Å². The highest BCUT2D eigenvalue weighted by atomic mass is 15.2. The molecule has 0 amide bonds. The highest BCUT2D eigenvalue weighted by Gasteiger charge is 2.18. The largest absolute Gasteiger partial charge is 0.382 e. The molecule has 2 rings (SSSR count). The van der Waals surface area contributed by atoms with Gasteiger partial charge in [0.15, 0.2) is 5.82 Å². The predicted molar refractivity (Wildman–Crippen MR) is 72.9 cm³/mol. The van der Waals surface area contributed by atoms with Crippen LogP contribution in [0.3, 0.4) is 0 Å². The summed E-state index contributed by atoms with van der Waals surface area (Å²) in [4.78, 5) is 10.5. The molecule has 18 heavy (non-hydrogen) atoms. The second kappa shape index (κ2) is 5.80. The molecule has 5 nitrogen and oxygen atoms in total. The maximum Gasteiger partial charge on any atom is 0.158 e. The van der Waals surface area contributed by atoms with Crippen LogP contribution in [0.1, 0.15) is 37.8 Å². The van der Waals surface area contributed by atoms with Crippen molar-refractivity contribution in [2.24, 2.45) is 11.7 Å². The molecule has 0 radical (unpaired) electrons. The number of amidine groups is 1. The first-order valence-electron chi connectivity index (χ1n) is 6.55. The quantitative estimate of drug-likeness (QED) is 0.628. The summed E-state index contributed by atoms with van der Waals surface area (Å²) in [5.41, 5.74) is 6.02. The van der Waals surface area contributed by atoms with Gasteiger partial charge < -0.3 is 10.6 Å². The van der Waals surface area contributed by atoms with Gasteiger partial charge in [-0.15, -0.1) is 0 Å². The fourth-order valence-corrected chi connectivity index (χ4v) is 2.64. The Morgan fingerprint density at radius 3 is 2.67 bits per heavy atom. The zero-order valence-electron chi connectivity index (χ0n) is 10.9. The number of nitrogens with zero attached hydrogens (tertiary/aromatic N) is 3. The van der Waals surface area contributed by atoms with Crippen molar-refractivity contribution in [1.82, 2.24) is 9.97 Å². The summed E-state index contributed by atoms with van der Waals surface area (Å²) in [5.74, 6) is 1.43. The number of rotatable bonds is 4. The highest BCUT2D eigenvalue weighted by Crippen LogP contribution is 2.25. The van der Waals surface area contributed by atoms with E-state index in [1.807, 2.05) is 7.05 Å². The molecule has 1 aromatic rings. The van der Waals surface area contributed by atoms with Gasteiger partial charge in [-0.25, -0.2) is 9.97 Å². The van der Waals surface area contributed by atoms with Crippen LogP contribution >= 0.6 is 0 Å². The number of nitrogens with two attached hydrogens (primary N) is 1. The second-order valence-electron chi connectivity index (χ2n) is 5.03. The van der Waals surface area contributed by atoms with E-state index in [1.54, 1.807) is 12.4 Å². The molecule has 0 atom stereocenters. The van der Waals surface area contributed by atoms with E-state index in [9.17, 15) is 0 Å². The summed E-state index contributed by atoms with van der Waals surface area (Å²) in [6.45, 7) is 0.971. The minimum Gasteiger partial charge on any atom is -0.382 e. The van der Waals surface area contributed by atoms with Crippen LogP contribution in [-0.4, -0.2) is 29.4 Å². The van der Waals surface area contributed by atoms with E-state index in [1.165, 1.54) is 32.1 Å². The molecule has 0 saturated heterocycles. The van der Waals surface area contributed by atoms with Crippen molar-refractivity contribution in [3.8, 4) is 0 Å². The summed E-state index contributed by atoms with van der Waals surface area (Å²) >= 11 is 0. The fraction of sp³-hybridized carbons (Fsp3) is 0.615. The predicted octanol–water partition coefficient (Wildman–Crippen LogP) is 1.78. The summed E-state index contributed by atoms with van der Waals surface area (Å²) in [5, 5.41) is 7.54. The molecule has 1 aliphatic rings. The van der Waals surface area contributed by atoms with Crippen molar-refractivity contribution < 1.29 is 0 Å². The summed E-state index contributed by atoms with van der Waals surface area (Å²) < 4.78 is 0. The molecule has 1 heterocycles. The minimum atomic E-state index is -0.0198. The van der Waals surface area contributed by atoms with Gasteiger partial charge in [0.2, 0.25) is 0 Å². The lowest BCUT2D eigenvalue weighted by atomic mass is 9.89. The molecular formula is C13H21N5. The number of hydrogen-bond acceptors (Lipinski definition) is 4. The topological polar surface area (TPSA) is 78.9 Å². The lowest BCUT2D eigenvalue weighted by Gasteiger charge is -2.28. The standard InChI is InChI=1S/C13H21N5/c1-18(9-10-5-3-2-4-6-10)13-11(12(14)15)16-7-8-17-13/h7-8,10H,2-6,9H2,1H3,(H3,14,15). The van der Waals surface area contributed by atoms with Crippen LogP contribution in [-0.2, 0) is 0 Å². The Balaban J connectivity index is 2.08. The van der Waals surface area contributed by atoms with Crippen LogP contribution in [0.15, 0.2) is 12.4 Å².